The van der Waals surface area contributed by atoms with Crippen LogP contribution in [0.4, 0.5) is 0 Å². The molecule has 274 valence electrons. The first-order valence-corrected chi connectivity index (χ1v) is 20.7. The molecule has 2 aromatic carbocycles. The molecule has 52 heavy (non-hydrogen) atoms. The summed E-state index contributed by atoms with van der Waals surface area (Å²) in [4.78, 5) is 12.1. The fraction of sp³-hybridized carbons (Fsp3) is 0.432. The van der Waals surface area contributed by atoms with E-state index in [0.29, 0.717) is 18.5 Å². The standard InChI is InChI=1S/C44H48IO7/c1-27(13-16-38-42(3,4)50-38)9-7-12-31-32-19-22-44(49-37(32)26-36-33(31)21-24-47-36)51-39(43(5,6)52-44)17-14-28(2)20-23-48-41-30-11-8-10-29(30)25-35-34(41)15-18-40(46)45-35/h8-9,11,15,18-22,24-26,38-39H,7,10,12-14,16-17,23H2,1-6H3/q-1/b27-9+,28-20+. The second-order valence-corrected chi connectivity index (χ2v) is 18.5. The van der Waals surface area contributed by atoms with Crippen LogP contribution in [0.15, 0.2) is 70.4 Å². The summed E-state index contributed by atoms with van der Waals surface area (Å²) in [7, 11) is 0. The molecule has 3 atom stereocenters. The number of furan rings is 1. The summed E-state index contributed by atoms with van der Waals surface area (Å²) in [6.45, 7) is 13.3. The van der Waals surface area contributed by atoms with E-state index in [1.807, 2.05) is 24.3 Å². The SMILES string of the molecule is C/C(=C\CCc1c2c(cc3occc13)OC1(C=C2)OC(CC/C(C)=C/COc2c3c(cc4c2C=CC(=O)[I-]4)CC=C3)C(C)(C)O1)CCC1OC1(C)C. The van der Waals surface area contributed by atoms with Crippen LogP contribution >= 0.6 is 0 Å². The molecule has 0 N–H and O–H groups in total. The predicted octanol–water partition coefficient (Wildman–Crippen LogP) is 6.71. The van der Waals surface area contributed by atoms with E-state index in [4.69, 9.17) is 28.1 Å². The van der Waals surface area contributed by atoms with Crippen LogP contribution in [0.1, 0.15) is 101 Å². The molecule has 0 bridgehead atoms. The van der Waals surface area contributed by atoms with Gasteiger partial charge in [0.1, 0.15) is 11.3 Å². The van der Waals surface area contributed by atoms with Crippen molar-refractivity contribution < 1.29 is 54.1 Å². The van der Waals surface area contributed by atoms with E-state index in [2.05, 4.69) is 78.0 Å². The minimum absolute atomic E-state index is 0.0404. The monoisotopic (exact) mass is 815 g/mol. The average molecular weight is 816 g/mol. The Kier molecular flexibility index (Phi) is 9.42. The van der Waals surface area contributed by atoms with E-state index in [0.717, 1.165) is 81.9 Å². The molecular formula is C44H48IO7-. The zero-order valence-electron chi connectivity index (χ0n) is 31.0. The van der Waals surface area contributed by atoms with Crippen LogP contribution in [0, 0.1) is 3.57 Å². The van der Waals surface area contributed by atoms with Gasteiger partial charge < -0.3 is 13.9 Å². The van der Waals surface area contributed by atoms with Crippen LogP contribution in [0.25, 0.3) is 29.2 Å². The van der Waals surface area contributed by atoms with E-state index in [1.54, 1.807) is 12.3 Å². The van der Waals surface area contributed by atoms with E-state index in [-0.39, 0.29) is 15.5 Å². The molecule has 5 aliphatic rings. The van der Waals surface area contributed by atoms with Gasteiger partial charge in [0.05, 0.1) is 18.0 Å². The third-order valence-electron chi connectivity index (χ3n) is 11.0. The maximum atomic E-state index is 12.1. The van der Waals surface area contributed by atoms with Crippen LogP contribution in [-0.4, -0.2) is 39.8 Å². The van der Waals surface area contributed by atoms with Gasteiger partial charge in [0, 0.05) is 23.1 Å². The summed E-state index contributed by atoms with van der Waals surface area (Å²) in [5, 5.41) is 1.11. The number of carbonyl (C=O) groups is 1. The molecular weight excluding hydrogens is 767 g/mol. The number of aryl methyl sites for hydroxylation is 1. The Hall–Kier alpha value is -3.44. The van der Waals surface area contributed by atoms with Gasteiger partial charge in [-0.15, -0.1) is 0 Å². The summed E-state index contributed by atoms with van der Waals surface area (Å²) < 4.78 is 39.3. The van der Waals surface area contributed by atoms with E-state index in [1.165, 1.54) is 22.3 Å². The molecule has 3 unspecified atom stereocenters. The Morgan fingerprint density at radius 3 is 2.48 bits per heavy atom. The summed E-state index contributed by atoms with van der Waals surface area (Å²) in [6, 6.07) is 6.22. The van der Waals surface area contributed by atoms with Crippen molar-refractivity contribution in [3.8, 4) is 11.5 Å². The van der Waals surface area contributed by atoms with Crippen LogP contribution in [0.3, 0.4) is 0 Å². The van der Waals surface area contributed by atoms with Crippen LogP contribution in [-0.2, 0) is 31.8 Å². The van der Waals surface area contributed by atoms with Crippen molar-refractivity contribution in [3.63, 3.8) is 0 Å². The molecule has 1 spiro atoms. The van der Waals surface area contributed by atoms with Gasteiger partial charge in [0.2, 0.25) is 0 Å². The zero-order chi connectivity index (χ0) is 36.3. The maximum absolute atomic E-state index is 12.1. The van der Waals surface area contributed by atoms with Gasteiger partial charge in [-0.1, -0.05) is 11.6 Å². The van der Waals surface area contributed by atoms with Gasteiger partial charge in [-0.05, 0) is 64.2 Å². The molecule has 5 heterocycles. The van der Waals surface area contributed by atoms with Crippen molar-refractivity contribution in [2.24, 2.45) is 0 Å². The quantitative estimate of drug-likeness (QED) is 0.0872. The van der Waals surface area contributed by atoms with Crippen molar-refractivity contribution in [3.05, 3.63) is 97.4 Å². The first-order chi connectivity index (χ1) is 24.9. The molecule has 2 saturated heterocycles. The minimum Gasteiger partial charge on any atom is -0.367 e. The third-order valence-corrected chi connectivity index (χ3v) is 13.3. The summed E-state index contributed by atoms with van der Waals surface area (Å²) >= 11 is -0.682. The van der Waals surface area contributed by atoms with E-state index >= 15 is 0 Å². The van der Waals surface area contributed by atoms with E-state index in [9.17, 15) is 4.79 Å². The number of hydrogen-bond donors (Lipinski definition) is 0. The van der Waals surface area contributed by atoms with Crippen molar-refractivity contribution in [1.29, 1.82) is 0 Å². The number of allylic oxidation sites excluding steroid dienone is 5. The normalized spacial score (nSPS) is 25.2. The molecule has 3 aromatic rings. The van der Waals surface area contributed by atoms with Crippen molar-refractivity contribution in [2.45, 2.75) is 116 Å². The Labute approximate surface area is 317 Å². The van der Waals surface area contributed by atoms with Gasteiger partial charge in [0.15, 0.2) is 0 Å². The Balaban J connectivity index is 0.909. The number of fused-ring (bicyclic) bond motifs is 4. The molecule has 2 fully saturated rings. The Bertz CT molecular complexity index is 2070. The summed E-state index contributed by atoms with van der Waals surface area (Å²) in [6.07, 6.45) is 24.9. The predicted molar refractivity (Wildman–Crippen MR) is 199 cm³/mol. The van der Waals surface area contributed by atoms with Gasteiger partial charge in [-0.25, -0.2) is 0 Å². The molecule has 8 rings (SSSR count). The molecule has 0 radical (unpaired) electrons. The van der Waals surface area contributed by atoms with Gasteiger partial charge >= 0.3 is 176 Å². The van der Waals surface area contributed by atoms with Crippen LogP contribution < -0.4 is 30.7 Å². The van der Waals surface area contributed by atoms with Gasteiger partial charge in [0.25, 0.3) is 0 Å². The van der Waals surface area contributed by atoms with Crippen molar-refractivity contribution in [2.75, 3.05) is 6.61 Å². The molecule has 1 aliphatic carbocycles. The first kappa shape index (κ1) is 35.6. The second-order valence-electron chi connectivity index (χ2n) is 15.7. The number of benzene rings is 2. The smallest absolute Gasteiger partial charge is 0.367 e. The Morgan fingerprint density at radius 1 is 0.923 bits per heavy atom. The van der Waals surface area contributed by atoms with E-state index < -0.39 is 32.8 Å². The summed E-state index contributed by atoms with van der Waals surface area (Å²) in [5.41, 5.74) is 8.62. The fourth-order valence-corrected chi connectivity index (χ4v) is 10.0. The topological polar surface area (TPSA) is 79.7 Å². The number of rotatable bonds is 12. The minimum atomic E-state index is -1.30. The number of halogens is 1. The zero-order valence-corrected chi connectivity index (χ0v) is 33.1. The molecule has 8 heteroatoms. The summed E-state index contributed by atoms with van der Waals surface area (Å²) in [5.74, 6) is 0.312. The molecule has 7 nitrogen and oxygen atoms in total. The van der Waals surface area contributed by atoms with Gasteiger partial charge in [-0.3, -0.25) is 0 Å². The fourth-order valence-electron chi connectivity index (χ4n) is 7.83. The number of ether oxygens (including phenoxy) is 5. The first-order valence-electron chi connectivity index (χ1n) is 18.5. The second kappa shape index (κ2) is 13.8. The molecule has 4 aliphatic heterocycles. The Morgan fingerprint density at radius 2 is 1.69 bits per heavy atom. The number of carbonyl (C=O) groups excluding carboxylic acids is 1. The van der Waals surface area contributed by atoms with Crippen LogP contribution in [0.2, 0.25) is 0 Å². The molecule has 0 amide bonds. The average Bonchev–Trinajstić information content (AvgIpc) is 3.49. The number of epoxide rings is 1. The molecule has 0 saturated carbocycles. The third kappa shape index (κ3) is 7.11. The van der Waals surface area contributed by atoms with Crippen molar-refractivity contribution >= 4 is 33.0 Å². The van der Waals surface area contributed by atoms with Crippen molar-refractivity contribution in [1.82, 2.24) is 0 Å². The molecule has 1 aromatic heterocycles. The van der Waals surface area contributed by atoms with Gasteiger partial charge in [-0.2, -0.15) is 0 Å². The van der Waals surface area contributed by atoms with Crippen LogP contribution in [0.5, 0.6) is 11.5 Å². The number of hydrogen-bond acceptors (Lipinski definition) is 7.